The van der Waals surface area contributed by atoms with Gasteiger partial charge in [0.15, 0.2) is 11.5 Å². The van der Waals surface area contributed by atoms with E-state index in [1.165, 1.54) is 36.0 Å². The van der Waals surface area contributed by atoms with Crippen molar-refractivity contribution >= 4 is 33.4 Å². The molecule has 0 aliphatic heterocycles. The third-order valence-electron chi connectivity index (χ3n) is 5.90. The second-order valence-electron chi connectivity index (χ2n) is 8.47. The van der Waals surface area contributed by atoms with Gasteiger partial charge in [0.2, 0.25) is 15.9 Å². The number of benzene rings is 3. The van der Waals surface area contributed by atoms with Gasteiger partial charge in [0, 0.05) is 34.6 Å². The molecule has 1 amide bonds. The van der Waals surface area contributed by atoms with E-state index in [1.807, 2.05) is 48.5 Å². The Bertz CT molecular complexity index is 1670. The number of nitrogens with one attached hydrogen (secondary N) is 1. The summed E-state index contributed by atoms with van der Waals surface area (Å²) in [6.45, 7) is 0. The van der Waals surface area contributed by atoms with Crippen LogP contribution >= 0.6 is 11.8 Å². The first-order valence-electron chi connectivity index (χ1n) is 12.0. The minimum absolute atomic E-state index is 0.0436. The fourth-order valence-corrected chi connectivity index (χ4v) is 5.45. The number of thioether (sulfide) groups is 1. The molecule has 0 fully saturated rings. The number of aromatic nitrogens is 1. The molecule has 9 nitrogen and oxygen atoms in total. The van der Waals surface area contributed by atoms with Crippen molar-refractivity contribution in [1.82, 2.24) is 4.98 Å². The van der Waals surface area contributed by atoms with Gasteiger partial charge in [0.25, 0.3) is 0 Å². The van der Waals surface area contributed by atoms with E-state index in [0.29, 0.717) is 50.3 Å². The van der Waals surface area contributed by atoms with Gasteiger partial charge in [-0.2, -0.15) is 5.26 Å². The number of hydrogen-bond donors (Lipinski definition) is 2. The summed E-state index contributed by atoms with van der Waals surface area (Å²) in [6, 6.07) is 24.8. The van der Waals surface area contributed by atoms with E-state index in [1.54, 1.807) is 20.3 Å². The lowest BCUT2D eigenvalue weighted by atomic mass is 9.98. The van der Waals surface area contributed by atoms with Crippen LogP contribution in [0.25, 0.3) is 22.4 Å². The van der Waals surface area contributed by atoms with Crippen LogP contribution in [0, 0.1) is 11.3 Å². The number of sulfonamides is 1. The molecule has 40 heavy (non-hydrogen) atoms. The van der Waals surface area contributed by atoms with E-state index in [2.05, 4.69) is 11.4 Å². The summed E-state index contributed by atoms with van der Waals surface area (Å²) < 4.78 is 34.0. The normalized spacial score (nSPS) is 10.9. The molecule has 3 aromatic carbocycles. The quantitative estimate of drug-likeness (QED) is 0.250. The highest BCUT2D eigenvalue weighted by Crippen LogP contribution is 2.42. The average Bonchev–Trinajstić information content (AvgIpc) is 2.96. The van der Waals surface area contributed by atoms with Crippen molar-refractivity contribution in [2.24, 2.45) is 5.14 Å². The fourth-order valence-electron chi connectivity index (χ4n) is 3.99. The minimum atomic E-state index is -3.82. The lowest BCUT2D eigenvalue weighted by molar-refractivity contribution is -0.115. The summed E-state index contributed by atoms with van der Waals surface area (Å²) in [7, 11) is -0.723. The van der Waals surface area contributed by atoms with Gasteiger partial charge in [-0.15, -0.1) is 11.8 Å². The number of pyridine rings is 1. The molecule has 0 aliphatic rings. The number of nitrogens with two attached hydrogens (primary N) is 1. The highest BCUT2D eigenvalue weighted by Gasteiger charge is 2.20. The predicted molar refractivity (Wildman–Crippen MR) is 155 cm³/mol. The van der Waals surface area contributed by atoms with Crippen LogP contribution in [-0.2, 0) is 14.8 Å². The number of primary sulfonamides is 1. The molecule has 0 radical (unpaired) electrons. The second-order valence-corrected chi connectivity index (χ2v) is 11.1. The molecule has 4 rings (SSSR count). The van der Waals surface area contributed by atoms with Crippen LogP contribution in [0.15, 0.2) is 88.8 Å². The molecule has 4 aromatic rings. The van der Waals surface area contributed by atoms with Crippen molar-refractivity contribution < 1.29 is 22.7 Å². The van der Waals surface area contributed by atoms with Gasteiger partial charge in [0.05, 0.1) is 30.4 Å². The number of para-hydroxylation sites is 1. The smallest absolute Gasteiger partial charge is 0.238 e. The van der Waals surface area contributed by atoms with E-state index in [-0.39, 0.29) is 17.2 Å². The van der Waals surface area contributed by atoms with Crippen LogP contribution < -0.4 is 19.9 Å². The zero-order valence-electron chi connectivity index (χ0n) is 21.7. The molecule has 0 atom stereocenters. The number of hydrogen-bond acceptors (Lipinski definition) is 8. The maximum absolute atomic E-state index is 12.6. The van der Waals surface area contributed by atoms with E-state index >= 15 is 0 Å². The van der Waals surface area contributed by atoms with E-state index in [4.69, 9.17) is 19.6 Å². The van der Waals surface area contributed by atoms with Gasteiger partial charge in [-0.25, -0.2) is 18.5 Å². The Labute approximate surface area is 237 Å². The van der Waals surface area contributed by atoms with Crippen molar-refractivity contribution in [3.63, 3.8) is 0 Å². The Morgan fingerprint density at radius 2 is 1.73 bits per heavy atom. The molecule has 0 spiro atoms. The van der Waals surface area contributed by atoms with Crippen LogP contribution in [0.5, 0.6) is 11.5 Å². The molecule has 11 heteroatoms. The van der Waals surface area contributed by atoms with Crippen LogP contribution in [-0.4, -0.2) is 39.3 Å². The summed E-state index contributed by atoms with van der Waals surface area (Å²) in [5, 5.41) is 18.5. The topological polar surface area (TPSA) is 144 Å². The molecule has 0 unspecified atom stereocenters. The predicted octanol–water partition coefficient (Wildman–Crippen LogP) is 5.07. The second kappa shape index (κ2) is 12.7. The van der Waals surface area contributed by atoms with Crippen LogP contribution in [0.1, 0.15) is 12.0 Å². The maximum Gasteiger partial charge on any atom is 0.238 e. The zero-order valence-corrected chi connectivity index (χ0v) is 23.4. The fraction of sp³-hybridized carbons (Fsp3) is 0.138. The minimum Gasteiger partial charge on any atom is -0.493 e. The van der Waals surface area contributed by atoms with Crippen molar-refractivity contribution in [3.05, 3.63) is 84.4 Å². The first-order chi connectivity index (χ1) is 19.2. The molecule has 1 heterocycles. The number of amides is 1. The number of rotatable bonds is 10. The molecule has 0 saturated carbocycles. The van der Waals surface area contributed by atoms with Gasteiger partial charge in [-0.1, -0.05) is 42.5 Å². The number of nitrogens with zero attached hydrogens (tertiary/aromatic N) is 2. The van der Waals surface area contributed by atoms with Gasteiger partial charge in [-0.3, -0.25) is 4.79 Å². The Morgan fingerprint density at radius 3 is 2.35 bits per heavy atom. The third kappa shape index (κ3) is 6.60. The maximum atomic E-state index is 12.6. The Morgan fingerprint density at radius 1 is 1.00 bits per heavy atom. The molecule has 3 N–H and O–H groups in total. The van der Waals surface area contributed by atoms with Crippen molar-refractivity contribution in [3.8, 4) is 40.0 Å². The number of anilines is 1. The molecule has 0 aliphatic carbocycles. The van der Waals surface area contributed by atoms with Crippen LogP contribution in [0.3, 0.4) is 0 Å². The summed E-state index contributed by atoms with van der Waals surface area (Å²) >= 11 is 1.30. The third-order valence-corrected chi connectivity index (χ3v) is 7.80. The number of ether oxygens (including phenoxy) is 2. The van der Waals surface area contributed by atoms with E-state index in [0.717, 1.165) is 5.56 Å². The first-order valence-corrected chi connectivity index (χ1v) is 14.6. The average molecular weight is 575 g/mol. The largest absolute Gasteiger partial charge is 0.493 e. The summed E-state index contributed by atoms with van der Waals surface area (Å²) in [4.78, 5) is 17.3. The van der Waals surface area contributed by atoms with Gasteiger partial charge in [0.1, 0.15) is 11.1 Å². The SMILES string of the molecule is COc1cccc(-c2cc(-c3ccccc3)nc(SCCC(=O)Nc3ccc(S(N)(=O)=O)cc3)c2C#N)c1OC. The first kappa shape index (κ1) is 28.6. The zero-order chi connectivity index (χ0) is 28.7. The number of carbonyl (C=O) groups is 1. The van der Waals surface area contributed by atoms with Gasteiger partial charge >= 0.3 is 0 Å². The molecule has 0 bridgehead atoms. The highest BCUT2D eigenvalue weighted by molar-refractivity contribution is 7.99. The van der Waals surface area contributed by atoms with Crippen LogP contribution in [0.2, 0.25) is 0 Å². The summed E-state index contributed by atoms with van der Waals surface area (Å²) in [5.74, 6) is 1.10. The number of nitriles is 1. The van der Waals surface area contributed by atoms with Crippen molar-refractivity contribution in [2.45, 2.75) is 16.3 Å². The molecular formula is C29H26N4O5S2. The van der Waals surface area contributed by atoms with Crippen molar-refractivity contribution in [2.75, 3.05) is 25.3 Å². The number of carbonyl (C=O) groups excluding carboxylic acids is 1. The van der Waals surface area contributed by atoms with Crippen LogP contribution in [0.4, 0.5) is 5.69 Å². The highest BCUT2D eigenvalue weighted by atomic mass is 32.2. The molecule has 1 aromatic heterocycles. The lowest BCUT2D eigenvalue weighted by Gasteiger charge is -2.16. The summed E-state index contributed by atoms with van der Waals surface area (Å²) in [5.41, 5.74) is 3.65. The monoisotopic (exact) mass is 574 g/mol. The Balaban J connectivity index is 1.62. The van der Waals surface area contributed by atoms with E-state index in [9.17, 15) is 18.5 Å². The van der Waals surface area contributed by atoms with Gasteiger partial charge in [-0.05, 0) is 36.4 Å². The Kier molecular flexibility index (Phi) is 9.06. The van der Waals surface area contributed by atoms with Gasteiger partial charge < -0.3 is 14.8 Å². The number of methoxy groups -OCH3 is 2. The lowest BCUT2D eigenvalue weighted by Crippen LogP contribution is -2.14. The molecule has 204 valence electrons. The Hall–Kier alpha value is -4.37. The van der Waals surface area contributed by atoms with E-state index < -0.39 is 10.0 Å². The van der Waals surface area contributed by atoms with Crippen molar-refractivity contribution in [1.29, 1.82) is 5.26 Å². The standard InChI is InChI=1S/C29H26N4O5S2/c1-37-26-10-6-9-22(28(26)38-2)23-17-25(19-7-4-3-5-8-19)33-29(24(23)18-30)39-16-15-27(34)32-20-11-13-21(14-12-20)40(31,35)36/h3-14,17H,15-16H2,1-2H3,(H,32,34)(H2,31,35,36). The molecular weight excluding hydrogens is 548 g/mol. The molecule has 0 saturated heterocycles. The summed E-state index contributed by atoms with van der Waals surface area (Å²) in [6.07, 6.45) is 0.127.